The number of anilines is 1. The van der Waals surface area contributed by atoms with Crippen LogP contribution >= 0.6 is 0 Å². The molecular weight excluding hydrogens is 320 g/mol. The lowest BCUT2D eigenvalue weighted by atomic mass is 9.90. The van der Waals surface area contributed by atoms with Gasteiger partial charge in [-0.2, -0.15) is 0 Å². The van der Waals surface area contributed by atoms with Crippen LogP contribution in [-0.2, 0) is 9.53 Å². The van der Waals surface area contributed by atoms with Gasteiger partial charge in [-0.1, -0.05) is 6.07 Å². The smallest absolute Gasteiger partial charge is 0.219 e. The van der Waals surface area contributed by atoms with Crippen molar-refractivity contribution in [2.75, 3.05) is 51.7 Å². The number of nitrogens with zero attached hydrogens (tertiary/aromatic N) is 3. The van der Waals surface area contributed by atoms with E-state index in [1.807, 2.05) is 30.1 Å². The molecular formula is C18H28N4O3. The van der Waals surface area contributed by atoms with E-state index < -0.39 is 5.60 Å². The zero-order valence-electron chi connectivity index (χ0n) is 15.1. The van der Waals surface area contributed by atoms with Gasteiger partial charge in [0.05, 0.1) is 17.9 Å². The molecule has 138 valence electrons. The molecule has 2 fully saturated rings. The van der Waals surface area contributed by atoms with Gasteiger partial charge in [-0.15, -0.1) is 0 Å². The molecule has 25 heavy (non-hydrogen) atoms. The summed E-state index contributed by atoms with van der Waals surface area (Å²) in [6.45, 7) is 5.62. The van der Waals surface area contributed by atoms with Gasteiger partial charge < -0.3 is 20.1 Å². The number of β-amino-alcohol motifs (C(OH)–C–C–N with tert-alkyl or cyclic N) is 1. The molecule has 1 atom stereocenters. The summed E-state index contributed by atoms with van der Waals surface area (Å²) in [5.74, 6) is 0.914. The minimum Gasteiger partial charge on any atom is -0.388 e. The maximum Gasteiger partial charge on any atom is 0.219 e. The average Bonchev–Trinajstić information content (AvgIpc) is 2.62. The SMILES string of the molecule is CNc1cccc(C2CN(CC3(O)CCN(C(C)=O)CC3)CCO2)n1. The number of likely N-dealkylation sites (tertiary alicyclic amines) is 1. The van der Waals surface area contributed by atoms with Gasteiger partial charge in [0.25, 0.3) is 0 Å². The van der Waals surface area contributed by atoms with Crippen LogP contribution in [0.15, 0.2) is 18.2 Å². The largest absolute Gasteiger partial charge is 0.388 e. The van der Waals surface area contributed by atoms with Crippen LogP contribution in [0.2, 0.25) is 0 Å². The van der Waals surface area contributed by atoms with Crippen LogP contribution in [0.4, 0.5) is 5.82 Å². The number of hydrogen-bond acceptors (Lipinski definition) is 6. The third-order valence-electron chi connectivity index (χ3n) is 5.16. The van der Waals surface area contributed by atoms with E-state index in [1.165, 1.54) is 0 Å². The van der Waals surface area contributed by atoms with E-state index in [9.17, 15) is 9.90 Å². The summed E-state index contributed by atoms with van der Waals surface area (Å²) < 4.78 is 5.90. The van der Waals surface area contributed by atoms with Crippen molar-refractivity contribution in [2.24, 2.45) is 0 Å². The third-order valence-corrected chi connectivity index (χ3v) is 5.16. The maximum absolute atomic E-state index is 11.5. The quantitative estimate of drug-likeness (QED) is 0.841. The molecule has 2 aliphatic heterocycles. The highest BCUT2D eigenvalue weighted by Crippen LogP contribution is 2.27. The molecule has 0 aliphatic carbocycles. The number of hydrogen-bond donors (Lipinski definition) is 2. The zero-order chi connectivity index (χ0) is 17.9. The van der Waals surface area contributed by atoms with E-state index in [4.69, 9.17) is 4.74 Å². The fourth-order valence-electron chi connectivity index (χ4n) is 3.61. The number of morpholine rings is 1. The summed E-state index contributed by atoms with van der Waals surface area (Å²) in [5.41, 5.74) is 0.184. The van der Waals surface area contributed by atoms with Gasteiger partial charge in [-0.05, 0) is 25.0 Å². The van der Waals surface area contributed by atoms with Gasteiger partial charge >= 0.3 is 0 Å². The summed E-state index contributed by atoms with van der Waals surface area (Å²) in [5, 5.41) is 14.0. The second-order valence-corrected chi connectivity index (χ2v) is 7.02. The van der Waals surface area contributed by atoms with E-state index in [-0.39, 0.29) is 12.0 Å². The second kappa shape index (κ2) is 7.68. The Balaban J connectivity index is 1.59. The Morgan fingerprint density at radius 3 is 2.84 bits per heavy atom. The lowest BCUT2D eigenvalue weighted by Crippen LogP contribution is -2.53. The number of amides is 1. The number of piperidine rings is 1. The van der Waals surface area contributed by atoms with Crippen LogP contribution < -0.4 is 5.32 Å². The highest BCUT2D eigenvalue weighted by atomic mass is 16.5. The fraction of sp³-hybridized carbons (Fsp3) is 0.667. The summed E-state index contributed by atoms with van der Waals surface area (Å²) in [6, 6.07) is 5.88. The standard InChI is InChI=1S/C18H28N4O3/c1-14(23)22-8-6-18(24,7-9-22)13-21-10-11-25-16(12-21)15-4-3-5-17(19-2)20-15/h3-5,16,24H,6-13H2,1-2H3,(H,19,20). The first-order valence-corrected chi connectivity index (χ1v) is 8.96. The lowest BCUT2D eigenvalue weighted by Gasteiger charge is -2.42. The van der Waals surface area contributed by atoms with Crippen LogP contribution in [0.25, 0.3) is 0 Å². The summed E-state index contributed by atoms with van der Waals surface area (Å²) in [4.78, 5) is 20.1. The topological polar surface area (TPSA) is 77.9 Å². The van der Waals surface area contributed by atoms with Gasteiger partial charge in [-0.3, -0.25) is 9.69 Å². The number of nitrogens with one attached hydrogen (secondary N) is 1. The minimum atomic E-state index is -0.728. The first kappa shape index (κ1) is 18.1. The van der Waals surface area contributed by atoms with Crippen molar-refractivity contribution in [3.05, 3.63) is 23.9 Å². The Morgan fingerprint density at radius 2 is 2.16 bits per heavy atom. The lowest BCUT2D eigenvalue weighted by molar-refractivity contribution is -0.134. The Kier molecular flexibility index (Phi) is 5.56. The van der Waals surface area contributed by atoms with E-state index in [2.05, 4.69) is 15.2 Å². The number of carbonyl (C=O) groups excluding carboxylic acids is 1. The molecule has 0 radical (unpaired) electrons. The predicted molar refractivity (Wildman–Crippen MR) is 95.4 cm³/mol. The number of rotatable bonds is 4. The molecule has 0 spiro atoms. The van der Waals surface area contributed by atoms with E-state index in [0.29, 0.717) is 39.1 Å². The Labute approximate surface area is 149 Å². The third kappa shape index (κ3) is 4.48. The fourth-order valence-corrected chi connectivity index (χ4v) is 3.61. The first-order valence-electron chi connectivity index (χ1n) is 8.96. The van der Waals surface area contributed by atoms with Crippen molar-refractivity contribution < 1.29 is 14.6 Å². The molecule has 1 amide bonds. The molecule has 1 aromatic rings. The first-order chi connectivity index (χ1) is 12.0. The van der Waals surface area contributed by atoms with Gasteiger partial charge in [0, 0.05) is 46.7 Å². The number of carbonyl (C=O) groups is 1. The molecule has 3 heterocycles. The molecule has 7 heteroatoms. The van der Waals surface area contributed by atoms with Gasteiger partial charge in [0.15, 0.2) is 0 Å². The second-order valence-electron chi connectivity index (χ2n) is 7.02. The number of ether oxygens (including phenoxy) is 1. The monoisotopic (exact) mass is 348 g/mol. The summed E-state index contributed by atoms with van der Waals surface area (Å²) in [7, 11) is 1.85. The predicted octanol–water partition coefficient (Wildman–Crippen LogP) is 0.870. The molecule has 7 nitrogen and oxygen atoms in total. The minimum absolute atomic E-state index is 0.0806. The number of aromatic nitrogens is 1. The van der Waals surface area contributed by atoms with Crippen LogP contribution in [-0.4, -0.2) is 77.8 Å². The molecule has 1 aromatic heterocycles. The summed E-state index contributed by atoms with van der Waals surface area (Å²) in [6.07, 6.45) is 1.17. The Morgan fingerprint density at radius 1 is 1.40 bits per heavy atom. The maximum atomic E-state index is 11.5. The van der Waals surface area contributed by atoms with Crippen molar-refractivity contribution in [1.29, 1.82) is 0 Å². The molecule has 0 bridgehead atoms. The van der Waals surface area contributed by atoms with Crippen molar-refractivity contribution in [3.63, 3.8) is 0 Å². The Bertz CT molecular complexity index is 602. The van der Waals surface area contributed by atoms with Crippen LogP contribution in [0.5, 0.6) is 0 Å². The van der Waals surface area contributed by atoms with Crippen LogP contribution in [0, 0.1) is 0 Å². The molecule has 2 N–H and O–H groups in total. The highest BCUT2D eigenvalue weighted by Gasteiger charge is 2.36. The molecule has 2 aliphatic rings. The van der Waals surface area contributed by atoms with Gasteiger partial charge in [-0.25, -0.2) is 4.98 Å². The van der Waals surface area contributed by atoms with Crippen molar-refractivity contribution in [3.8, 4) is 0 Å². The van der Waals surface area contributed by atoms with Crippen molar-refractivity contribution in [1.82, 2.24) is 14.8 Å². The van der Waals surface area contributed by atoms with Crippen LogP contribution in [0.1, 0.15) is 31.6 Å². The molecule has 1 unspecified atom stereocenters. The van der Waals surface area contributed by atoms with E-state index in [1.54, 1.807) is 6.92 Å². The molecule has 0 aromatic carbocycles. The molecule has 0 saturated carbocycles. The molecule has 3 rings (SSSR count). The van der Waals surface area contributed by atoms with Crippen molar-refractivity contribution in [2.45, 2.75) is 31.5 Å². The van der Waals surface area contributed by atoms with Crippen molar-refractivity contribution >= 4 is 11.7 Å². The number of aliphatic hydroxyl groups is 1. The normalized spacial score (nSPS) is 24.1. The Hall–Kier alpha value is -1.70. The summed E-state index contributed by atoms with van der Waals surface area (Å²) >= 11 is 0. The zero-order valence-corrected chi connectivity index (χ0v) is 15.1. The highest BCUT2D eigenvalue weighted by molar-refractivity contribution is 5.73. The van der Waals surface area contributed by atoms with E-state index >= 15 is 0 Å². The van der Waals surface area contributed by atoms with Crippen LogP contribution in [0.3, 0.4) is 0 Å². The number of pyridine rings is 1. The molecule has 2 saturated heterocycles. The van der Waals surface area contributed by atoms with Gasteiger partial charge in [0.2, 0.25) is 5.91 Å². The van der Waals surface area contributed by atoms with E-state index in [0.717, 1.165) is 24.6 Å². The van der Waals surface area contributed by atoms with Gasteiger partial charge in [0.1, 0.15) is 11.9 Å². The average molecular weight is 348 g/mol.